The quantitative estimate of drug-likeness (QED) is 0.855. The molecule has 0 aliphatic carbocycles. The van der Waals surface area contributed by atoms with Crippen molar-refractivity contribution in [3.63, 3.8) is 0 Å². The van der Waals surface area contributed by atoms with Gasteiger partial charge in [0.15, 0.2) is 0 Å². The molecule has 0 radical (unpaired) electrons. The summed E-state index contributed by atoms with van der Waals surface area (Å²) in [4.78, 5) is 4.52. The average Bonchev–Trinajstić information content (AvgIpc) is 2.84. The first kappa shape index (κ1) is 12.4. The van der Waals surface area contributed by atoms with Crippen LogP contribution in [-0.4, -0.2) is 28.3 Å². The van der Waals surface area contributed by atoms with Crippen molar-refractivity contribution in [2.75, 3.05) is 18.5 Å². The van der Waals surface area contributed by atoms with E-state index in [1.807, 2.05) is 6.92 Å². The molecule has 2 rings (SSSR count). The predicted octanol–water partition coefficient (Wildman–Crippen LogP) is 2.58. The minimum absolute atomic E-state index is 0.0170. The zero-order chi connectivity index (χ0) is 12.3. The number of hydrogen-bond acceptors (Lipinski definition) is 3. The topological polar surface area (TPSA) is 39.1 Å². The fraction of sp³-hybridized carbons (Fsp3) is 0.769. The van der Waals surface area contributed by atoms with Gasteiger partial charge in [-0.05, 0) is 33.1 Å². The Morgan fingerprint density at radius 2 is 2.41 bits per heavy atom. The lowest BCUT2D eigenvalue weighted by molar-refractivity contribution is 0.0313. The molecule has 1 aromatic heterocycles. The van der Waals surface area contributed by atoms with E-state index in [0.717, 1.165) is 44.2 Å². The Hall–Kier alpha value is -1.03. The van der Waals surface area contributed by atoms with Crippen LogP contribution in [0.1, 0.15) is 38.8 Å². The molecule has 1 fully saturated rings. The summed E-state index contributed by atoms with van der Waals surface area (Å²) in [6.07, 6.45) is 5.52. The number of anilines is 1. The number of hydrogen-bond donors (Lipinski definition) is 1. The van der Waals surface area contributed by atoms with Crippen LogP contribution in [0, 0.1) is 6.92 Å². The highest BCUT2D eigenvalue weighted by Crippen LogP contribution is 2.25. The van der Waals surface area contributed by atoms with Gasteiger partial charge in [-0.15, -0.1) is 0 Å². The number of nitrogens with one attached hydrogen (secondary N) is 1. The van der Waals surface area contributed by atoms with E-state index in [0.29, 0.717) is 0 Å². The highest BCUT2D eigenvalue weighted by molar-refractivity contribution is 5.29. The van der Waals surface area contributed by atoms with Crippen molar-refractivity contribution in [1.82, 2.24) is 9.55 Å². The van der Waals surface area contributed by atoms with E-state index in [1.165, 1.54) is 6.42 Å². The van der Waals surface area contributed by atoms with E-state index >= 15 is 0 Å². The molecular formula is C13H23N3O. The van der Waals surface area contributed by atoms with E-state index in [2.05, 4.69) is 34.9 Å². The van der Waals surface area contributed by atoms with Gasteiger partial charge < -0.3 is 14.6 Å². The lowest BCUT2D eigenvalue weighted by Gasteiger charge is -2.23. The van der Waals surface area contributed by atoms with Crippen LogP contribution in [0.2, 0.25) is 0 Å². The third kappa shape index (κ3) is 3.00. The molecule has 17 heavy (non-hydrogen) atoms. The van der Waals surface area contributed by atoms with E-state index in [9.17, 15) is 0 Å². The molecule has 1 aromatic rings. The lowest BCUT2D eigenvalue weighted by Crippen LogP contribution is -2.33. The molecule has 0 aromatic carbocycles. The van der Waals surface area contributed by atoms with Crippen molar-refractivity contribution >= 4 is 5.95 Å². The largest absolute Gasteiger partial charge is 0.373 e. The Labute approximate surface area is 103 Å². The second-order valence-electron chi connectivity index (χ2n) is 5.15. The molecule has 4 heteroatoms. The standard InChI is InChI=1S/C13H23N3O/c1-4-7-16-9-11(2)15-12(16)14-10-13(3)6-5-8-17-13/h9H,4-8,10H2,1-3H3,(H,14,15). The minimum atomic E-state index is -0.0170. The average molecular weight is 237 g/mol. The van der Waals surface area contributed by atoms with Gasteiger partial charge in [-0.1, -0.05) is 6.92 Å². The SMILES string of the molecule is CCCn1cc(C)nc1NCC1(C)CCCO1. The van der Waals surface area contributed by atoms with E-state index < -0.39 is 0 Å². The zero-order valence-corrected chi connectivity index (χ0v) is 11.1. The van der Waals surface area contributed by atoms with Gasteiger partial charge in [0.05, 0.1) is 11.3 Å². The highest BCUT2D eigenvalue weighted by Gasteiger charge is 2.29. The molecule has 0 spiro atoms. The summed E-state index contributed by atoms with van der Waals surface area (Å²) < 4.78 is 7.96. The van der Waals surface area contributed by atoms with E-state index in [-0.39, 0.29) is 5.60 Å². The van der Waals surface area contributed by atoms with Crippen molar-refractivity contribution in [2.45, 2.75) is 52.2 Å². The van der Waals surface area contributed by atoms with Crippen LogP contribution in [0.15, 0.2) is 6.20 Å². The van der Waals surface area contributed by atoms with Gasteiger partial charge in [0.1, 0.15) is 0 Å². The Morgan fingerprint density at radius 3 is 3.06 bits per heavy atom. The monoisotopic (exact) mass is 237 g/mol. The number of aromatic nitrogens is 2. The molecule has 1 aliphatic rings. The first-order chi connectivity index (χ1) is 8.13. The van der Waals surface area contributed by atoms with Crippen molar-refractivity contribution in [3.05, 3.63) is 11.9 Å². The van der Waals surface area contributed by atoms with Crippen LogP contribution in [0.4, 0.5) is 5.95 Å². The number of aryl methyl sites for hydroxylation is 2. The van der Waals surface area contributed by atoms with E-state index in [1.54, 1.807) is 0 Å². The first-order valence-electron chi connectivity index (χ1n) is 6.54. The maximum absolute atomic E-state index is 5.77. The molecule has 0 amide bonds. The summed E-state index contributed by atoms with van der Waals surface area (Å²) in [5, 5.41) is 3.43. The summed E-state index contributed by atoms with van der Waals surface area (Å²) in [5.74, 6) is 0.973. The molecule has 0 bridgehead atoms. The molecule has 1 N–H and O–H groups in total. The second kappa shape index (κ2) is 5.08. The fourth-order valence-electron chi connectivity index (χ4n) is 2.34. The van der Waals surface area contributed by atoms with Crippen LogP contribution in [0.5, 0.6) is 0 Å². The van der Waals surface area contributed by atoms with E-state index in [4.69, 9.17) is 4.74 Å². The molecule has 1 saturated heterocycles. The summed E-state index contributed by atoms with van der Waals surface area (Å²) >= 11 is 0. The van der Waals surface area contributed by atoms with Gasteiger partial charge in [0.2, 0.25) is 5.95 Å². The van der Waals surface area contributed by atoms with Gasteiger partial charge in [0, 0.05) is 25.9 Å². The van der Waals surface area contributed by atoms with Crippen molar-refractivity contribution in [3.8, 4) is 0 Å². The van der Waals surface area contributed by atoms with Crippen LogP contribution < -0.4 is 5.32 Å². The Balaban J connectivity index is 1.98. The molecular weight excluding hydrogens is 214 g/mol. The third-order valence-corrected chi connectivity index (χ3v) is 3.28. The molecule has 1 unspecified atom stereocenters. The summed E-state index contributed by atoms with van der Waals surface area (Å²) in [6, 6.07) is 0. The second-order valence-corrected chi connectivity index (χ2v) is 5.15. The maximum atomic E-state index is 5.77. The van der Waals surface area contributed by atoms with Gasteiger partial charge >= 0.3 is 0 Å². The number of ether oxygens (including phenoxy) is 1. The van der Waals surface area contributed by atoms with Crippen molar-refractivity contribution in [1.29, 1.82) is 0 Å². The summed E-state index contributed by atoms with van der Waals surface area (Å²) in [6.45, 7) is 9.13. The first-order valence-corrected chi connectivity index (χ1v) is 6.54. The Morgan fingerprint density at radius 1 is 1.59 bits per heavy atom. The lowest BCUT2D eigenvalue weighted by atomic mass is 10.0. The van der Waals surface area contributed by atoms with Gasteiger partial charge in [-0.25, -0.2) is 4.98 Å². The van der Waals surface area contributed by atoms with Gasteiger partial charge in [0.25, 0.3) is 0 Å². The van der Waals surface area contributed by atoms with Crippen LogP contribution >= 0.6 is 0 Å². The molecule has 1 atom stereocenters. The number of nitrogens with zero attached hydrogens (tertiary/aromatic N) is 2. The van der Waals surface area contributed by atoms with Crippen molar-refractivity contribution in [2.24, 2.45) is 0 Å². The highest BCUT2D eigenvalue weighted by atomic mass is 16.5. The third-order valence-electron chi connectivity index (χ3n) is 3.28. The predicted molar refractivity (Wildman–Crippen MR) is 69.3 cm³/mol. The Kier molecular flexibility index (Phi) is 3.72. The minimum Gasteiger partial charge on any atom is -0.373 e. The number of imidazole rings is 1. The van der Waals surface area contributed by atoms with Crippen LogP contribution in [0.25, 0.3) is 0 Å². The maximum Gasteiger partial charge on any atom is 0.203 e. The number of rotatable bonds is 5. The van der Waals surface area contributed by atoms with Crippen molar-refractivity contribution < 1.29 is 4.74 Å². The normalized spacial score (nSPS) is 24.2. The van der Waals surface area contributed by atoms with Gasteiger partial charge in [-0.2, -0.15) is 0 Å². The van der Waals surface area contributed by atoms with Gasteiger partial charge in [-0.3, -0.25) is 0 Å². The summed E-state index contributed by atoms with van der Waals surface area (Å²) in [5.41, 5.74) is 1.05. The molecule has 2 heterocycles. The fourth-order valence-corrected chi connectivity index (χ4v) is 2.34. The molecule has 4 nitrogen and oxygen atoms in total. The smallest absolute Gasteiger partial charge is 0.203 e. The summed E-state index contributed by atoms with van der Waals surface area (Å²) in [7, 11) is 0. The zero-order valence-electron chi connectivity index (χ0n) is 11.1. The van der Waals surface area contributed by atoms with Crippen LogP contribution in [0.3, 0.4) is 0 Å². The molecule has 0 saturated carbocycles. The van der Waals surface area contributed by atoms with Crippen LogP contribution in [-0.2, 0) is 11.3 Å². The molecule has 1 aliphatic heterocycles. The molecule has 96 valence electrons. The Bertz CT molecular complexity index is 367.